The summed E-state index contributed by atoms with van der Waals surface area (Å²) in [5, 5.41) is 21.7. The summed E-state index contributed by atoms with van der Waals surface area (Å²) in [5.41, 5.74) is 0. The Morgan fingerprint density at radius 1 is 1.29 bits per heavy atom. The first-order valence-electron chi connectivity index (χ1n) is 5.23. The topological polar surface area (TPSA) is 63.5 Å². The summed E-state index contributed by atoms with van der Waals surface area (Å²) in [6.07, 6.45) is 6.45. The normalized spacial score (nSPS) is 18.6. The fraction of sp³-hybridized carbons (Fsp3) is 0.889. The predicted octanol–water partition coefficient (Wildman–Crippen LogP) is 1.18. The zero-order chi connectivity index (χ0) is 9.80. The lowest BCUT2D eigenvalue weighted by Gasteiger charge is -2.21. The van der Waals surface area contributed by atoms with Crippen molar-refractivity contribution in [1.29, 1.82) is 0 Å². The Kier molecular flexibility index (Phi) is 3.08. The number of tetrazole rings is 1. The average Bonchev–Trinajstić information content (AvgIpc) is 2.67. The van der Waals surface area contributed by atoms with E-state index < -0.39 is 0 Å². The van der Waals surface area contributed by atoms with Crippen LogP contribution in [0.1, 0.15) is 37.9 Å². The Hall–Kier alpha value is -0.970. The third kappa shape index (κ3) is 2.09. The lowest BCUT2D eigenvalue weighted by molar-refractivity contribution is 0.161. The fourth-order valence-corrected chi connectivity index (χ4v) is 2.08. The monoisotopic (exact) mass is 195 g/mol. The van der Waals surface area contributed by atoms with E-state index >= 15 is 0 Å². The summed E-state index contributed by atoms with van der Waals surface area (Å²) < 4.78 is 1.67. The molecule has 77 valence electrons. The zero-order valence-corrected chi connectivity index (χ0v) is 8.22. The summed E-state index contributed by atoms with van der Waals surface area (Å²) >= 11 is 0. The Balaban J connectivity index is 1.95. The Bertz CT molecular complexity index is 280. The number of hydrogen-bond acceptors (Lipinski definition) is 3. The van der Waals surface area contributed by atoms with Gasteiger partial charge in [0.2, 0.25) is 0 Å². The lowest BCUT2D eigenvalue weighted by Crippen LogP contribution is -2.17. The minimum absolute atomic E-state index is 0.320. The molecule has 5 nitrogen and oxygen atoms in total. The van der Waals surface area contributed by atoms with Gasteiger partial charge in [0.25, 0.3) is 0 Å². The van der Waals surface area contributed by atoms with Crippen molar-refractivity contribution in [2.24, 2.45) is 5.92 Å². The van der Waals surface area contributed by atoms with Crippen LogP contribution in [-0.4, -0.2) is 20.2 Å². The summed E-state index contributed by atoms with van der Waals surface area (Å²) in [4.78, 5) is 0. The Morgan fingerprint density at radius 2 is 2.07 bits per heavy atom. The van der Waals surface area contributed by atoms with Crippen LogP contribution in [-0.2, 0) is 18.3 Å². The van der Waals surface area contributed by atoms with E-state index in [0.717, 1.165) is 6.54 Å². The van der Waals surface area contributed by atoms with E-state index in [1.54, 1.807) is 4.68 Å². The smallest absolute Gasteiger partial charge is 0.180 e. The highest BCUT2D eigenvalue weighted by molar-refractivity contribution is 4.78. The minimum Gasteiger partial charge on any atom is -0.228 e. The second-order valence-electron chi connectivity index (χ2n) is 3.93. The van der Waals surface area contributed by atoms with Gasteiger partial charge in [0.05, 0.1) is 0 Å². The SMILES string of the molecule is [O]Cc1nnnn1CC1CCCCC1. The van der Waals surface area contributed by atoms with Gasteiger partial charge < -0.3 is 0 Å². The zero-order valence-electron chi connectivity index (χ0n) is 8.22. The van der Waals surface area contributed by atoms with Gasteiger partial charge in [-0.2, -0.15) is 0 Å². The highest BCUT2D eigenvalue weighted by Crippen LogP contribution is 2.24. The largest absolute Gasteiger partial charge is 0.228 e. The van der Waals surface area contributed by atoms with Gasteiger partial charge >= 0.3 is 0 Å². The van der Waals surface area contributed by atoms with Gasteiger partial charge in [-0.15, -0.1) is 5.10 Å². The van der Waals surface area contributed by atoms with E-state index in [9.17, 15) is 5.11 Å². The van der Waals surface area contributed by atoms with Crippen LogP contribution in [0.4, 0.5) is 0 Å². The lowest BCUT2D eigenvalue weighted by atomic mass is 9.89. The molecule has 0 aliphatic heterocycles. The highest BCUT2D eigenvalue weighted by Gasteiger charge is 2.16. The molecule has 0 atom stereocenters. The Labute approximate surface area is 83.1 Å². The molecule has 0 amide bonds. The van der Waals surface area contributed by atoms with Crippen molar-refractivity contribution in [2.75, 3.05) is 0 Å². The predicted molar refractivity (Wildman–Crippen MR) is 48.8 cm³/mol. The quantitative estimate of drug-likeness (QED) is 0.727. The molecule has 1 aromatic heterocycles. The van der Waals surface area contributed by atoms with Crippen molar-refractivity contribution in [3.8, 4) is 0 Å². The van der Waals surface area contributed by atoms with Crippen LogP contribution in [0.3, 0.4) is 0 Å². The van der Waals surface area contributed by atoms with Gasteiger partial charge in [-0.3, -0.25) is 0 Å². The molecule has 1 radical (unpaired) electrons. The molecule has 5 heteroatoms. The molecule has 1 aliphatic rings. The van der Waals surface area contributed by atoms with Gasteiger partial charge in [0, 0.05) is 6.54 Å². The molecule has 0 N–H and O–H groups in total. The summed E-state index contributed by atoms with van der Waals surface area (Å²) in [7, 11) is 0. The van der Waals surface area contributed by atoms with E-state index in [0.29, 0.717) is 11.7 Å². The van der Waals surface area contributed by atoms with Gasteiger partial charge in [0.15, 0.2) is 5.82 Å². The molecule has 1 aliphatic carbocycles. The number of rotatable bonds is 3. The first-order valence-corrected chi connectivity index (χ1v) is 5.23. The van der Waals surface area contributed by atoms with Crippen LogP contribution in [0.2, 0.25) is 0 Å². The molecule has 1 aromatic rings. The maximum atomic E-state index is 10.7. The molecule has 0 bridgehead atoms. The molecule has 0 aromatic carbocycles. The molecule has 0 saturated heterocycles. The third-order valence-electron chi connectivity index (χ3n) is 2.89. The second-order valence-corrected chi connectivity index (χ2v) is 3.93. The molecule has 1 saturated carbocycles. The van der Waals surface area contributed by atoms with Crippen molar-refractivity contribution in [2.45, 2.75) is 45.3 Å². The van der Waals surface area contributed by atoms with Gasteiger partial charge in [0.1, 0.15) is 6.61 Å². The molecule has 1 fully saturated rings. The van der Waals surface area contributed by atoms with Gasteiger partial charge in [-0.25, -0.2) is 9.79 Å². The molecule has 0 spiro atoms. The van der Waals surface area contributed by atoms with E-state index in [2.05, 4.69) is 15.5 Å². The van der Waals surface area contributed by atoms with E-state index in [1.807, 2.05) is 0 Å². The highest BCUT2D eigenvalue weighted by atomic mass is 16.3. The number of hydrogen-bond donors (Lipinski definition) is 0. The Morgan fingerprint density at radius 3 is 2.79 bits per heavy atom. The van der Waals surface area contributed by atoms with E-state index in [-0.39, 0.29) is 6.61 Å². The van der Waals surface area contributed by atoms with Crippen LogP contribution < -0.4 is 0 Å². The first-order chi connectivity index (χ1) is 6.90. The first kappa shape index (κ1) is 9.58. The summed E-state index contributed by atoms with van der Waals surface area (Å²) in [6.45, 7) is 0.504. The number of aromatic nitrogens is 4. The van der Waals surface area contributed by atoms with Crippen molar-refractivity contribution in [3.63, 3.8) is 0 Å². The van der Waals surface area contributed by atoms with Crippen LogP contribution in [0.5, 0.6) is 0 Å². The van der Waals surface area contributed by atoms with Crippen LogP contribution in [0.15, 0.2) is 0 Å². The minimum atomic E-state index is -0.320. The van der Waals surface area contributed by atoms with Crippen LogP contribution in [0.25, 0.3) is 0 Å². The maximum Gasteiger partial charge on any atom is 0.180 e. The molecule has 14 heavy (non-hydrogen) atoms. The molecule has 0 unspecified atom stereocenters. The molecular formula is C9H15N4O. The van der Waals surface area contributed by atoms with Crippen molar-refractivity contribution >= 4 is 0 Å². The van der Waals surface area contributed by atoms with Gasteiger partial charge in [-0.05, 0) is 29.2 Å². The van der Waals surface area contributed by atoms with Crippen molar-refractivity contribution in [3.05, 3.63) is 5.82 Å². The maximum absolute atomic E-state index is 10.7. The standard InChI is InChI=1S/C9H15N4O/c14-7-9-10-11-12-13(9)6-8-4-2-1-3-5-8/h8H,1-7H2. The molecular weight excluding hydrogens is 180 g/mol. The van der Waals surface area contributed by atoms with Gasteiger partial charge in [-0.1, -0.05) is 19.3 Å². The summed E-state index contributed by atoms with van der Waals surface area (Å²) in [6, 6.07) is 0. The molecule has 2 rings (SSSR count). The van der Waals surface area contributed by atoms with E-state index in [1.165, 1.54) is 32.1 Å². The average molecular weight is 195 g/mol. The second kappa shape index (κ2) is 4.50. The summed E-state index contributed by atoms with van der Waals surface area (Å²) in [5.74, 6) is 1.13. The van der Waals surface area contributed by atoms with Crippen LogP contribution >= 0.6 is 0 Å². The van der Waals surface area contributed by atoms with Crippen LogP contribution in [0, 0.1) is 5.92 Å². The van der Waals surface area contributed by atoms with Crippen molar-refractivity contribution in [1.82, 2.24) is 20.2 Å². The molecule has 1 heterocycles. The fourth-order valence-electron chi connectivity index (χ4n) is 2.08. The van der Waals surface area contributed by atoms with Crippen molar-refractivity contribution < 1.29 is 5.11 Å². The third-order valence-corrected chi connectivity index (χ3v) is 2.89. The van der Waals surface area contributed by atoms with E-state index in [4.69, 9.17) is 0 Å². The number of nitrogens with zero attached hydrogens (tertiary/aromatic N) is 4.